The van der Waals surface area contributed by atoms with Gasteiger partial charge in [-0.1, -0.05) is 20.8 Å². The third-order valence-electron chi connectivity index (χ3n) is 2.42. The molecule has 4 heteroatoms. The van der Waals surface area contributed by atoms with E-state index in [1.807, 2.05) is 17.9 Å². The van der Waals surface area contributed by atoms with Crippen molar-refractivity contribution in [2.45, 2.75) is 39.2 Å². The lowest BCUT2D eigenvalue weighted by Crippen LogP contribution is -2.20. The summed E-state index contributed by atoms with van der Waals surface area (Å²) in [6.45, 7) is 7.68. The molecule has 16 heavy (non-hydrogen) atoms. The van der Waals surface area contributed by atoms with E-state index in [1.165, 1.54) is 5.56 Å². The first kappa shape index (κ1) is 13.2. The third-order valence-corrected chi connectivity index (χ3v) is 2.42. The molecule has 0 aliphatic rings. The van der Waals surface area contributed by atoms with E-state index in [4.69, 9.17) is 0 Å². The van der Waals surface area contributed by atoms with Gasteiger partial charge in [-0.2, -0.15) is 5.10 Å². The van der Waals surface area contributed by atoms with Crippen molar-refractivity contribution in [3.05, 3.63) is 17.5 Å². The summed E-state index contributed by atoms with van der Waals surface area (Å²) in [7, 11) is 1.93. The molecule has 0 bridgehead atoms. The molecule has 0 amide bonds. The molecule has 0 saturated heterocycles. The molecule has 1 heterocycles. The second-order valence-electron chi connectivity index (χ2n) is 5.15. The van der Waals surface area contributed by atoms with Gasteiger partial charge in [-0.05, 0) is 13.0 Å². The van der Waals surface area contributed by atoms with Crippen LogP contribution >= 0.6 is 0 Å². The lowest BCUT2D eigenvalue weighted by Gasteiger charge is -2.17. The van der Waals surface area contributed by atoms with Crippen molar-refractivity contribution in [1.82, 2.24) is 15.1 Å². The monoisotopic (exact) mass is 227 g/mol. The molecular weight excluding hydrogens is 205 g/mol. The minimum atomic E-state index is -0.258. The molecule has 92 valence electrons. The third kappa shape index (κ3) is 3.59. The highest BCUT2D eigenvalue weighted by molar-refractivity contribution is 5.23. The first-order valence-electron chi connectivity index (χ1n) is 5.75. The van der Waals surface area contributed by atoms with E-state index < -0.39 is 0 Å². The highest BCUT2D eigenvalue weighted by atomic mass is 19.1. The summed E-state index contributed by atoms with van der Waals surface area (Å²) in [5.74, 6) is 0. The first-order chi connectivity index (χ1) is 7.45. The van der Waals surface area contributed by atoms with Crippen LogP contribution in [0.25, 0.3) is 0 Å². The number of rotatable bonds is 5. The van der Waals surface area contributed by atoms with E-state index in [0.29, 0.717) is 6.42 Å². The molecule has 1 N–H and O–H groups in total. The van der Waals surface area contributed by atoms with Gasteiger partial charge >= 0.3 is 0 Å². The zero-order valence-electron chi connectivity index (χ0n) is 10.7. The fourth-order valence-corrected chi connectivity index (χ4v) is 1.71. The molecule has 0 saturated carbocycles. The Morgan fingerprint density at radius 2 is 2.12 bits per heavy atom. The predicted octanol–water partition coefficient (Wildman–Crippen LogP) is 2.17. The first-order valence-corrected chi connectivity index (χ1v) is 5.75. The maximum absolute atomic E-state index is 11.9. The van der Waals surface area contributed by atoms with Crippen LogP contribution < -0.4 is 5.32 Å². The van der Waals surface area contributed by atoms with Crippen molar-refractivity contribution in [3.63, 3.8) is 0 Å². The van der Waals surface area contributed by atoms with Crippen molar-refractivity contribution < 1.29 is 4.39 Å². The van der Waals surface area contributed by atoms with Crippen LogP contribution in [-0.4, -0.2) is 23.0 Å². The van der Waals surface area contributed by atoms with Crippen LogP contribution in [-0.2, 0) is 19.0 Å². The number of nitrogens with zero attached hydrogens (tertiary/aromatic N) is 2. The van der Waals surface area contributed by atoms with Crippen LogP contribution in [0, 0.1) is 0 Å². The topological polar surface area (TPSA) is 29.9 Å². The van der Waals surface area contributed by atoms with Gasteiger partial charge in [0, 0.05) is 30.8 Å². The van der Waals surface area contributed by atoms with Gasteiger partial charge in [-0.25, -0.2) is 0 Å². The Morgan fingerprint density at radius 3 is 2.69 bits per heavy atom. The van der Waals surface area contributed by atoms with Crippen LogP contribution in [0.4, 0.5) is 4.39 Å². The van der Waals surface area contributed by atoms with Gasteiger partial charge in [0.05, 0.1) is 12.4 Å². The fraction of sp³-hybridized carbons (Fsp3) is 0.750. The van der Waals surface area contributed by atoms with Gasteiger partial charge in [0.15, 0.2) is 0 Å². The van der Waals surface area contributed by atoms with E-state index in [-0.39, 0.29) is 12.1 Å². The second kappa shape index (κ2) is 5.43. The molecule has 0 fully saturated rings. The number of nitrogens with one attached hydrogen (secondary N) is 1. The Kier molecular flexibility index (Phi) is 4.47. The van der Waals surface area contributed by atoms with Crippen LogP contribution in [0.1, 0.15) is 38.4 Å². The number of aryl methyl sites for hydroxylation is 1. The van der Waals surface area contributed by atoms with Crippen molar-refractivity contribution in [2.75, 3.05) is 13.2 Å². The van der Waals surface area contributed by atoms with Crippen LogP contribution in [0.2, 0.25) is 0 Å². The van der Waals surface area contributed by atoms with E-state index in [1.54, 1.807) is 0 Å². The van der Waals surface area contributed by atoms with Gasteiger partial charge in [0.25, 0.3) is 0 Å². The van der Waals surface area contributed by atoms with Crippen molar-refractivity contribution in [1.29, 1.82) is 0 Å². The average molecular weight is 227 g/mol. The molecule has 0 aliphatic carbocycles. The van der Waals surface area contributed by atoms with Crippen LogP contribution in [0.3, 0.4) is 0 Å². The summed E-state index contributed by atoms with van der Waals surface area (Å²) >= 11 is 0. The molecule has 1 aromatic heterocycles. The van der Waals surface area contributed by atoms with Gasteiger partial charge in [0.2, 0.25) is 0 Å². The van der Waals surface area contributed by atoms with E-state index in [9.17, 15) is 4.39 Å². The van der Waals surface area contributed by atoms with E-state index >= 15 is 0 Å². The number of aromatic nitrogens is 2. The molecule has 0 atom stereocenters. The Hall–Kier alpha value is -0.900. The Balaban J connectivity index is 2.65. The summed E-state index contributed by atoms with van der Waals surface area (Å²) in [6.07, 6.45) is 2.61. The van der Waals surface area contributed by atoms with Gasteiger partial charge in [0.1, 0.15) is 0 Å². The summed E-state index contributed by atoms with van der Waals surface area (Å²) in [5, 5.41) is 7.72. The molecular formula is C12H22FN3. The normalized spacial score (nSPS) is 12.1. The van der Waals surface area contributed by atoms with Crippen molar-refractivity contribution in [3.8, 4) is 0 Å². The van der Waals surface area contributed by atoms with Crippen molar-refractivity contribution in [2.24, 2.45) is 7.05 Å². The fourth-order valence-electron chi connectivity index (χ4n) is 1.71. The number of hydrogen-bond acceptors (Lipinski definition) is 2. The summed E-state index contributed by atoms with van der Waals surface area (Å²) in [4.78, 5) is 0. The van der Waals surface area contributed by atoms with E-state index in [0.717, 1.165) is 18.8 Å². The lowest BCUT2D eigenvalue weighted by atomic mass is 9.89. The Bertz CT molecular complexity index is 325. The molecule has 3 nitrogen and oxygen atoms in total. The molecule has 0 unspecified atom stereocenters. The summed E-state index contributed by atoms with van der Waals surface area (Å²) in [6, 6.07) is 0. The standard InChI is InChI=1S/C12H22FN3/c1-12(2,3)11-10(9-16(4)15-11)8-14-7-5-6-13/h9,14H,5-8H2,1-4H3. The quantitative estimate of drug-likeness (QED) is 0.781. The maximum Gasteiger partial charge on any atom is 0.0906 e. The van der Waals surface area contributed by atoms with Crippen LogP contribution in [0.15, 0.2) is 6.20 Å². The van der Waals surface area contributed by atoms with Crippen molar-refractivity contribution >= 4 is 0 Å². The van der Waals surface area contributed by atoms with Gasteiger partial charge in [-0.3, -0.25) is 9.07 Å². The minimum absolute atomic E-state index is 0.0539. The second-order valence-corrected chi connectivity index (χ2v) is 5.15. The maximum atomic E-state index is 11.9. The zero-order chi connectivity index (χ0) is 12.2. The molecule has 0 spiro atoms. The molecule has 1 aromatic rings. The molecule has 1 rings (SSSR count). The van der Waals surface area contributed by atoms with Crippen LogP contribution in [0.5, 0.6) is 0 Å². The zero-order valence-corrected chi connectivity index (χ0v) is 10.7. The highest BCUT2D eigenvalue weighted by Gasteiger charge is 2.21. The van der Waals surface area contributed by atoms with E-state index in [2.05, 4.69) is 31.2 Å². The molecule has 0 radical (unpaired) electrons. The number of alkyl halides is 1. The largest absolute Gasteiger partial charge is 0.312 e. The SMILES string of the molecule is Cn1cc(CNCCCF)c(C(C)(C)C)n1. The summed E-state index contributed by atoms with van der Waals surface area (Å²) < 4.78 is 13.8. The highest BCUT2D eigenvalue weighted by Crippen LogP contribution is 2.23. The minimum Gasteiger partial charge on any atom is -0.312 e. The average Bonchev–Trinajstić information content (AvgIpc) is 2.54. The number of halogens is 1. The Labute approximate surface area is 97.0 Å². The smallest absolute Gasteiger partial charge is 0.0906 e. The lowest BCUT2D eigenvalue weighted by molar-refractivity contribution is 0.458. The summed E-state index contributed by atoms with van der Waals surface area (Å²) in [5.41, 5.74) is 2.37. The predicted molar refractivity (Wildman–Crippen MR) is 64.2 cm³/mol. The number of hydrogen-bond donors (Lipinski definition) is 1. The van der Waals surface area contributed by atoms with Gasteiger partial charge < -0.3 is 5.32 Å². The molecule has 0 aromatic carbocycles. The van der Waals surface area contributed by atoms with Gasteiger partial charge in [-0.15, -0.1) is 0 Å². The molecule has 0 aliphatic heterocycles. The Morgan fingerprint density at radius 1 is 1.44 bits per heavy atom.